The molecule has 0 saturated carbocycles. The predicted molar refractivity (Wildman–Crippen MR) is 79.8 cm³/mol. The number of hydrogen-bond acceptors (Lipinski definition) is 5. The molecule has 2 aromatic rings. The highest BCUT2D eigenvalue weighted by molar-refractivity contribution is 6.59. The first kappa shape index (κ1) is 15.4. The molecule has 0 unspecified atom stereocenters. The number of methoxy groups -OCH3 is 1. The van der Waals surface area contributed by atoms with Crippen LogP contribution in [0.25, 0.3) is 0 Å². The van der Waals surface area contributed by atoms with Crippen LogP contribution in [0.4, 0.5) is 0 Å². The maximum Gasteiger partial charge on any atom is 0.492 e. The fourth-order valence-electron chi connectivity index (χ4n) is 2.13. The molecule has 1 heterocycles. The van der Waals surface area contributed by atoms with Crippen LogP contribution in [0.3, 0.4) is 0 Å². The minimum atomic E-state index is -1.62. The molecule has 0 amide bonds. The molecule has 0 fully saturated rings. The zero-order valence-corrected chi connectivity index (χ0v) is 12.4. The zero-order valence-electron chi connectivity index (χ0n) is 12.4. The van der Waals surface area contributed by atoms with Crippen molar-refractivity contribution >= 4 is 12.6 Å². The van der Waals surface area contributed by atoms with Gasteiger partial charge >= 0.3 is 7.12 Å². The first-order chi connectivity index (χ1) is 10.0. The molecule has 0 atom stereocenters. The number of aryl methyl sites for hydroxylation is 2. The largest absolute Gasteiger partial charge is 0.497 e. The summed E-state index contributed by atoms with van der Waals surface area (Å²) in [6.45, 7) is 4.99. The van der Waals surface area contributed by atoms with Gasteiger partial charge in [-0.15, -0.1) is 0 Å². The van der Waals surface area contributed by atoms with Gasteiger partial charge in [0.05, 0.1) is 18.5 Å². The van der Waals surface area contributed by atoms with E-state index in [1.165, 1.54) is 7.11 Å². The molecular weight excluding hydrogens is 271 g/mol. The summed E-state index contributed by atoms with van der Waals surface area (Å²) in [5, 5.41) is 23.2. The highest BCUT2D eigenvalue weighted by Gasteiger charge is 2.18. The third kappa shape index (κ3) is 3.56. The molecule has 0 aliphatic heterocycles. The van der Waals surface area contributed by atoms with Gasteiger partial charge in [-0.05, 0) is 38.1 Å². The Hall–Kier alpha value is -1.99. The van der Waals surface area contributed by atoms with Crippen molar-refractivity contribution in [2.24, 2.45) is 0 Å². The van der Waals surface area contributed by atoms with Gasteiger partial charge in [-0.2, -0.15) is 5.10 Å². The lowest BCUT2D eigenvalue weighted by Crippen LogP contribution is -2.31. The molecular formula is C14H19BN2O4. The molecule has 6 nitrogen and oxygen atoms in total. The Morgan fingerprint density at radius 2 is 2.05 bits per heavy atom. The molecule has 0 saturated heterocycles. The topological polar surface area (TPSA) is 76.7 Å². The van der Waals surface area contributed by atoms with Crippen LogP contribution >= 0.6 is 0 Å². The fourth-order valence-corrected chi connectivity index (χ4v) is 2.13. The van der Waals surface area contributed by atoms with E-state index in [4.69, 9.17) is 9.47 Å². The van der Waals surface area contributed by atoms with Crippen molar-refractivity contribution in [2.45, 2.75) is 27.0 Å². The normalized spacial score (nSPS) is 10.5. The average Bonchev–Trinajstić information content (AvgIpc) is 2.84. The Balaban J connectivity index is 2.19. The Morgan fingerprint density at radius 1 is 1.29 bits per heavy atom. The molecule has 2 rings (SSSR count). The lowest BCUT2D eigenvalue weighted by molar-refractivity contribution is 0.292. The molecule has 0 aliphatic carbocycles. The Bertz CT molecular complexity index is 613. The summed E-state index contributed by atoms with van der Waals surface area (Å²) in [5.74, 6) is 0.951. The zero-order chi connectivity index (χ0) is 15.4. The lowest BCUT2D eigenvalue weighted by Gasteiger charge is -2.13. The lowest BCUT2D eigenvalue weighted by atomic mass is 9.79. The standard InChI is InChI=1S/C14H19BN2O4/c1-4-17-11(7-10(2)16-17)9-21-14-6-5-12(20-3)8-13(14)15(18)19/h5-8,18-19H,4,9H2,1-3H3. The van der Waals surface area contributed by atoms with Crippen LogP contribution in [-0.4, -0.2) is 34.1 Å². The van der Waals surface area contributed by atoms with Gasteiger partial charge in [-0.25, -0.2) is 0 Å². The van der Waals surface area contributed by atoms with Gasteiger partial charge in [0.15, 0.2) is 0 Å². The summed E-state index contributed by atoms with van der Waals surface area (Å²) in [6, 6.07) is 6.86. The molecule has 1 aromatic carbocycles. The number of rotatable bonds is 6. The van der Waals surface area contributed by atoms with Gasteiger partial charge in [-0.1, -0.05) is 0 Å². The van der Waals surface area contributed by atoms with Gasteiger partial charge in [0, 0.05) is 12.0 Å². The first-order valence-electron chi connectivity index (χ1n) is 6.75. The number of nitrogens with zero attached hydrogens (tertiary/aromatic N) is 2. The van der Waals surface area contributed by atoms with E-state index in [9.17, 15) is 10.0 Å². The molecule has 2 N–H and O–H groups in total. The van der Waals surface area contributed by atoms with Crippen molar-refractivity contribution in [3.8, 4) is 11.5 Å². The summed E-state index contributed by atoms with van der Waals surface area (Å²) >= 11 is 0. The van der Waals surface area contributed by atoms with E-state index in [2.05, 4.69) is 5.10 Å². The summed E-state index contributed by atoms with van der Waals surface area (Å²) in [5.41, 5.74) is 2.13. The number of aromatic nitrogens is 2. The van der Waals surface area contributed by atoms with Crippen molar-refractivity contribution in [3.63, 3.8) is 0 Å². The van der Waals surface area contributed by atoms with E-state index in [-0.39, 0.29) is 5.46 Å². The monoisotopic (exact) mass is 290 g/mol. The van der Waals surface area contributed by atoms with Crippen LogP contribution < -0.4 is 14.9 Å². The van der Waals surface area contributed by atoms with Crippen LogP contribution in [0, 0.1) is 6.92 Å². The number of hydrogen-bond donors (Lipinski definition) is 2. The number of benzene rings is 1. The molecule has 112 valence electrons. The van der Waals surface area contributed by atoms with E-state index < -0.39 is 7.12 Å². The minimum absolute atomic E-state index is 0.272. The van der Waals surface area contributed by atoms with Gasteiger partial charge in [-0.3, -0.25) is 4.68 Å². The minimum Gasteiger partial charge on any atom is -0.497 e. The summed E-state index contributed by atoms with van der Waals surface area (Å²) in [7, 11) is -0.0978. The smallest absolute Gasteiger partial charge is 0.492 e. The van der Waals surface area contributed by atoms with E-state index >= 15 is 0 Å². The van der Waals surface area contributed by atoms with Crippen LogP contribution in [0.2, 0.25) is 0 Å². The highest BCUT2D eigenvalue weighted by atomic mass is 16.5. The van der Waals surface area contributed by atoms with E-state index in [1.54, 1.807) is 18.2 Å². The maximum atomic E-state index is 9.43. The molecule has 0 bridgehead atoms. The second kappa shape index (κ2) is 6.65. The second-order valence-corrected chi connectivity index (χ2v) is 4.66. The Morgan fingerprint density at radius 3 is 2.67 bits per heavy atom. The molecule has 1 aromatic heterocycles. The highest BCUT2D eigenvalue weighted by Crippen LogP contribution is 2.17. The molecule has 0 spiro atoms. The average molecular weight is 290 g/mol. The van der Waals surface area contributed by atoms with Crippen LogP contribution in [0.15, 0.2) is 24.3 Å². The fraction of sp³-hybridized carbons (Fsp3) is 0.357. The van der Waals surface area contributed by atoms with Crippen molar-refractivity contribution in [1.82, 2.24) is 9.78 Å². The summed E-state index contributed by atoms with van der Waals surface area (Å²) < 4.78 is 12.6. The van der Waals surface area contributed by atoms with Gasteiger partial charge < -0.3 is 19.5 Å². The van der Waals surface area contributed by atoms with Gasteiger partial charge in [0.2, 0.25) is 0 Å². The van der Waals surface area contributed by atoms with Gasteiger partial charge in [0.1, 0.15) is 18.1 Å². The van der Waals surface area contributed by atoms with Crippen molar-refractivity contribution in [1.29, 1.82) is 0 Å². The third-order valence-electron chi connectivity index (χ3n) is 3.16. The predicted octanol–water partition coefficient (Wildman–Crippen LogP) is 0.479. The van der Waals surface area contributed by atoms with Crippen molar-refractivity contribution in [3.05, 3.63) is 35.7 Å². The van der Waals surface area contributed by atoms with Crippen LogP contribution in [0.1, 0.15) is 18.3 Å². The van der Waals surface area contributed by atoms with E-state index in [1.807, 2.05) is 24.6 Å². The Kier molecular flexibility index (Phi) is 4.87. The quantitative estimate of drug-likeness (QED) is 0.757. The summed E-state index contributed by atoms with van der Waals surface area (Å²) in [4.78, 5) is 0. The molecule has 0 radical (unpaired) electrons. The van der Waals surface area contributed by atoms with Crippen molar-refractivity contribution in [2.75, 3.05) is 7.11 Å². The SMILES string of the molecule is CCn1nc(C)cc1COc1ccc(OC)cc1B(O)O. The van der Waals surface area contributed by atoms with Gasteiger partial charge in [0.25, 0.3) is 0 Å². The maximum absolute atomic E-state index is 9.43. The molecule has 21 heavy (non-hydrogen) atoms. The second-order valence-electron chi connectivity index (χ2n) is 4.66. The Labute approximate surface area is 124 Å². The van der Waals surface area contributed by atoms with Crippen molar-refractivity contribution < 1.29 is 19.5 Å². The molecule has 0 aliphatic rings. The number of ether oxygens (including phenoxy) is 2. The summed E-state index contributed by atoms with van der Waals surface area (Å²) in [6.07, 6.45) is 0. The molecule has 7 heteroatoms. The first-order valence-corrected chi connectivity index (χ1v) is 6.75. The van der Waals surface area contributed by atoms with E-state index in [0.717, 1.165) is 17.9 Å². The van der Waals surface area contributed by atoms with E-state index in [0.29, 0.717) is 18.1 Å². The van der Waals surface area contributed by atoms with Crippen LogP contribution in [0.5, 0.6) is 11.5 Å². The third-order valence-corrected chi connectivity index (χ3v) is 3.16. The van der Waals surface area contributed by atoms with Crippen LogP contribution in [-0.2, 0) is 13.2 Å².